The van der Waals surface area contributed by atoms with Crippen LogP contribution >= 0.6 is 0 Å². The van der Waals surface area contributed by atoms with E-state index in [9.17, 15) is 4.79 Å². The third-order valence-corrected chi connectivity index (χ3v) is 4.61. The molecule has 6 nitrogen and oxygen atoms in total. The van der Waals surface area contributed by atoms with Crippen molar-refractivity contribution in [3.8, 4) is 0 Å². The third kappa shape index (κ3) is 3.89. The lowest BCUT2D eigenvalue weighted by atomic mass is 10.1. The van der Waals surface area contributed by atoms with Crippen LogP contribution in [0.5, 0.6) is 0 Å². The zero-order valence-electron chi connectivity index (χ0n) is 15.0. The molecule has 6 heteroatoms. The number of piperazine rings is 1. The zero-order valence-corrected chi connectivity index (χ0v) is 15.0. The van der Waals surface area contributed by atoms with Crippen LogP contribution in [0.3, 0.4) is 0 Å². The van der Waals surface area contributed by atoms with Crippen LogP contribution in [0.1, 0.15) is 10.4 Å². The zero-order chi connectivity index (χ0) is 18.5. The summed E-state index contributed by atoms with van der Waals surface area (Å²) < 4.78 is 0. The number of hydrogen-bond donors (Lipinski definition) is 1. The van der Waals surface area contributed by atoms with E-state index in [4.69, 9.17) is 0 Å². The Morgan fingerprint density at radius 2 is 1.48 bits per heavy atom. The number of rotatable bonds is 4. The Balaban J connectivity index is 1.46. The monoisotopic (exact) mass is 359 g/mol. The van der Waals surface area contributed by atoms with Crippen molar-refractivity contribution in [3.05, 3.63) is 78.6 Å². The lowest BCUT2D eigenvalue weighted by molar-refractivity contribution is 0.0747. The summed E-state index contributed by atoms with van der Waals surface area (Å²) in [6.45, 7) is 2.75. The molecule has 1 N–H and O–H groups in total. The average molecular weight is 359 g/mol. The Labute approximate surface area is 158 Å². The first kappa shape index (κ1) is 17.0. The van der Waals surface area contributed by atoms with Gasteiger partial charge in [-0.15, -0.1) is 0 Å². The van der Waals surface area contributed by atoms with E-state index in [0.29, 0.717) is 18.7 Å². The number of benzene rings is 2. The van der Waals surface area contributed by atoms with E-state index < -0.39 is 0 Å². The number of nitrogens with one attached hydrogen (secondary N) is 1. The van der Waals surface area contributed by atoms with E-state index in [2.05, 4.69) is 20.2 Å². The summed E-state index contributed by atoms with van der Waals surface area (Å²) in [6, 6.07) is 19.3. The van der Waals surface area contributed by atoms with Gasteiger partial charge < -0.3 is 15.1 Å². The summed E-state index contributed by atoms with van der Waals surface area (Å²) in [5.41, 5.74) is 2.47. The van der Waals surface area contributed by atoms with Crippen molar-refractivity contribution in [3.63, 3.8) is 0 Å². The second-order valence-corrected chi connectivity index (χ2v) is 6.36. The number of aromatic nitrogens is 2. The van der Waals surface area contributed by atoms with Gasteiger partial charge in [0.25, 0.3) is 5.91 Å². The van der Waals surface area contributed by atoms with E-state index in [0.717, 1.165) is 30.4 Å². The summed E-state index contributed by atoms with van der Waals surface area (Å²) in [5.74, 6) is 0.762. The van der Waals surface area contributed by atoms with Gasteiger partial charge in [0.2, 0.25) is 5.95 Å². The molecule has 4 rings (SSSR count). The minimum absolute atomic E-state index is 0.0441. The first-order valence-corrected chi connectivity index (χ1v) is 9.03. The fraction of sp³-hybridized carbons (Fsp3) is 0.190. The van der Waals surface area contributed by atoms with Crippen LogP contribution in [0.25, 0.3) is 0 Å². The van der Waals surface area contributed by atoms with Crippen molar-refractivity contribution < 1.29 is 4.79 Å². The first-order chi connectivity index (χ1) is 13.3. The minimum atomic E-state index is 0.0441. The number of carbonyl (C=O) groups excluding carboxylic acids is 1. The van der Waals surface area contributed by atoms with Crippen molar-refractivity contribution in [1.29, 1.82) is 0 Å². The second kappa shape index (κ2) is 7.86. The molecule has 0 spiro atoms. The van der Waals surface area contributed by atoms with E-state index in [1.165, 1.54) is 0 Å². The second-order valence-electron chi connectivity index (χ2n) is 6.36. The Kier molecular flexibility index (Phi) is 4.96. The van der Waals surface area contributed by atoms with Gasteiger partial charge in [0.05, 0.1) is 11.3 Å². The molecule has 0 radical (unpaired) electrons. The highest BCUT2D eigenvalue weighted by Crippen LogP contribution is 2.23. The predicted octanol–water partition coefficient (Wildman–Crippen LogP) is 3.18. The maximum absolute atomic E-state index is 13.1. The van der Waals surface area contributed by atoms with Crippen LogP contribution in [0.2, 0.25) is 0 Å². The molecule has 1 amide bonds. The lowest BCUT2D eigenvalue weighted by Crippen LogP contribution is -2.49. The van der Waals surface area contributed by atoms with E-state index in [1.807, 2.05) is 59.5 Å². The SMILES string of the molecule is O=C(c1ccccc1Nc1ccccc1)N1CCN(c2ncccn2)CC1. The molecule has 3 aromatic rings. The van der Waals surface area contributed by atoms with Gasteiger partial charge in [-0.05, 0) is 30.3 Å². The number of anilines is 3. The van der Waals surface area contributed by atoms with E-state index in [1.54, 1.807) is 18.5 Å². The predicted molar refractivity (Wildman–Crippen MR) is 106 cm³/mol. The molecular weight excluding hydrogens is 338 g/mol. The number of hydrogen-bond acceptors (Lipinski definition) is 5. The van der Waals surface area contributed by atoms with E-state index >= 15 is 0 Å². The highest BCUT2D eigenvalue weighted by Gasteiger charge is 2.24. The average Bonchev–Trinajstić information content (AvgIpc) is 2.75. The molecular formula is C21H21N5O. The first-order valence-electron chi connectivity index (χ1n) is 9.03. The number of carbonyl (C=O) groups is 1. The standard InChI is InChI=1S/C21H21N5O/c27-20(25-13-15-26(16-14-25)21-22-11-6-12-23-21)18-9-4-5-10-19(18)24-17-7-2-1-3-8-17/h1-12,24H,13-16H2. The van der Waals surface area contributed by atoms with Gasteiger partial charge in [0.15, 0.2) is 0 Å². The number of amides is 1. The van der Waals surface area contributed by atoms with Crippen LogP contribution in [0.4, 0.5) is 17.3 Å². The van der Waals surface area contributed by atoms with Gasteiger partial charge in [-0.3, -0.25) is 4.79 Å². The molecule has 1 saturated heterocycles. The molecule has 0 atom stereocenters. The normalized spacial score (nSPS) is 14.1. The largest absolute Gasteiger partial charge is 0.355 e. The Hall–Kier alpha value is -3.41. The molecule has 27 heavy (non-hydrogen) atoms. The van der Waals surface area contributed by atoms with Crippen molar-refractivity contribution in [1.82, 2.24) is 14.9 Å². The molecule has 2 aromatic carbocycles. The Morgan fingerprint density at radius 1 is 0.815 bits per heavy atom. The van der Waals surface area contributed by atoms with Crippen molar-refractivity contribution >= 4 is 23.2 Å². The number of nitrogens with zero attached hydrogens (tertiary/aromatic N) is 4. The third-order valence-electron chi connectivity index (χ3n) is 4.61. The summed E-state index contributed by atoms with van der Waals surface area (Å²) in [7, 11) is 0. The summed E-state index contributed by atoms with van der Waals surface area (Å²) in [6.07, 6.45) is 3.48. The molecule has 1 aliphatic rings. The molecule has 136 valence electrons. The molecule has 1 aliphatic heterocycles. The fourth-order valence-corrected chi connectivity index (χ4v) is 3.19. The molecule has 2 heterocycles. The summed E-state index contributed by atoms with van der Waals surface area (Å²) in [4.78, 5) is 25.7. The van der Waals surface area contributed by atoms with E-state index in [-0.39, 0.29) is 5.91 Å². The lowest BCUT2D eigenvalue weighted by Gasteiger charge is -2.35. The van der Waals surface area contributed by atoms with Crippen LogP contribution < -0.4 is 10.2 Å². The molecule has 0 aliphatic carbocycles. The van der Waals surface area contributed by atoms with Crippen LogP contribution in [0.15, 0.2) is 73.1 Å². The van der Waals surface area contributed by atoms with Crippen LogP contribution in [0, 0.1) is 0 Å². The van der Waals surface area contributed by atoms with Gasteiger partial charge in [-0.2, -0.15) is 0 Å². The molecule has 1 aromatic heterocycles. The highest BCUT2D eigenvalue weighted by molar-refractivity contribution is 6.00. The van der Waals surface area contributed by atoms with Crippen molar-refractivity contribution in [2.24, 2.45) is 0 Å². The number of para-hydroxylation sites is 2. The molecule has 0 bridgehead atoms. The molecule has 1 fully saturated rings. The summed E-state index contributed by atoms with van der Waals surface area (Å²) >= 11 is 0. The van der Waals surface area contributed by atoms with Crippen molar-refractivity contribution in [2.75, 3.05) is 36.4 Å². The van der Waals surface area contributed by atoms with Gasteiger partial charge in [-0.1, -0.05) is 30.3 Å². The van der Waals surface area contributed by atoms with Gasteiger partial charge in [0, 0.05) is 44.3 Å². The molecule has 0 saturated carbocycles. The van der Waals surface area contributed by atoms with Crippen molar-refractivity contribution in [2.45, 2.75) is 0 Å². The maximum atomic E-state index is 13.1. The maximum Gasteiger partial charge on any atom is 0.256 e. The molecule has 0 unspecified atom stereocenters. The smallest absolute Gasteiger partial charge is 0.256 e. The van der Waals surface area contributed by atoms with Gasteiger partial charge in [-0.25, -0.2) is 9.97 Å². The van der Waals surface area contributed by atoms with Gasteiger partial charge in [0.1, 0.15) is 0 Å². The minimum Gasteiger partial charge on any atom is -0.355 e. The highest BCUT2D eigenvalue weighted by atomic mass is 16.2. The summed E-state index contributed by atoms with van der Waals surface area (Å²) in [5, 5.41) is 3.35. The Bertz CT molecular complexity index is 893. The fourth-order valence-electron chi connectivity index (χ4n) is 3.19. The van der Waals surface area contributed by atoms with Crippen LogP contribution in [-0.2, 0) is 0 Å². The Morgan fingerprint density at radius 3 is 2.22 bits per heavy atom. The van der Waals surface area contributed by atoms with Gasteiger partial charge >= 0.3 is 0 Å². The van der Waals surface area contributed by atoms with Crippen LogP contribution in [-0.4, -0.2) is 47.0 Å². The topological polar surface area (TPSA) is 61.4 Å². The quantitative estimate of drug-likeness (QED) is 0.775.